The van der Waals surface area contributed by atoms with E-state index in [1.807, 2.05) is 0 Å². The second-order valence-corrected chi connectivity index (χ2v) is 1.25. The summed E-state index contributed by atoms with van der Waals surface area (Å²) < 4.78 is 0.417. The van der Waals surface area contributed by atoms with Crippen LogP contribution in [0.1, 0.15) is 0 Å². The minimum atomic E-state index is -0.660. The molecule has 1 aromatic rings. The van der Waals surface area contributed by atoms with Crippen LogP contribution in [0, 0.1) is 0 Å². The van der Waals surface area contributed by atoms with Crippen molar-refractivity contribution >= 4 is 0 Å². The first kappa shape index (κ1) is 4.83. The molecular weight excluding hydrogens is 108 g/mol. The number of rotatable bonds is 0. The molecule has 4 nitrogen and oxygen atoms in total. The van der Waals surface area contributed by atoms with Gasteiger partial charge in [-0.1, -0.05) is 0 Å². The Morgan fingerprint density at radius 1 is 1.75 bits per heavy atom. The molecule has 0 saturated heterocycles. The topological polar surface area (TPSA) is 55.1 Å². The molecule has 0 saturated carbocycles. The first-order chi connectivity index (χ1) is 3.80. The van der Waals surface area contributed by atoms with E-state index >= 15 is 0 Å². The van der Waals surface area contributed by atoms with Gasteiger partial charge in [0.15, 0.2) is 0 Å². The molecule has 1 aromatic heterocycles. The quantitative estimate of drug-likeness (QED) is 0.459. The van der Waals surface area contributed by atoms with Crippen LogP contribution >= 0.6 is 0 Å². The lowest BCUT2D eigenvalue weighted by Crippen LogP contribution is -2.18. The van der Waals surface area contributed by atoms with E-state index in [9.17, 15) is 4.79 Å². The summed E-state index contributed by atoms with van der Waals surface area (Å²) in [5.74, 6) is 0. The largest absolute Gasteiger partial charge is 0.424 e. The number of aromatic nitrogens is 2. The fourth-order valence-corrected chi connectivity index (χ4v) is 0.350. The zero-order valence-electron chi connectivity index (χ0n) is 3.98. The Morgan fingerprint density at radius 2 is 2.50 bits per heavy atom. The summed E-state index contributed by atoms with van der Waals surface area (Å²) in [4.78, 5) is 13.5. The van der Waals surface area contributed by atoms with Crippen LogP contribution in [0.4, 0.5) is 0 Å². The number of hydrogen-bond acceptors (Lipinski definition) is 3. The summed E-state index contributed by atoms with van der Waals surface area (Å²) in [6.07, 6.45) is 2.53. The minimum Gasteiger partial charge on any atom is -0.424 e. The van der Waals surface area contributed by atoms with E-state index in [2.05, 4.69) is 4.98 Å². The molecular formula is C4H4N2O2. The third-order valence-corrected chi connectivity index (χ3v) is 0.694. The second kappa shape index (κ2) is 1.65. The van der Waals surface area contributed by atoms with Crippen LogP contribution in [0.25, 0.3) is 0 Å². The smallest absolute Gasteiger partial charge is 0.380 e. The van der Waals surface area contributed by atoms with Crippen LogP contribution in [0.3, 0.4) is 0 Å². The van der Waals surface area contributed by atoms with Gasteiger partial charge in [-0.25, -0.2) is 4.79 Å². The molecule has 42 valence electrons. The minimum absolute atomic E-state index is 0.417. The number of nitrogens with zero attached hydrogens (tertiary/aromatic N) is 2. The van der Waals surface area contributed by atoms with Gasteiger partial charge in [-0.3, -0.25) is 0 Å². The van der Waals surface area contributed by atoms with Crippen molar-refractivity contribution in [2.24, 2.45) is 0 Å². The van der Waals surface area contributed by atoms with E-state index in [0.29, 0.717) is 4.73 Å². The molecule has 1 N–H and O–H groups in total. The van der Waals surface area contributed by atoms with Gasteiger partial charge in [-0.2, -0.15) is 4.98 Å². The highest BCUT2D eigenvalue weighted by Crippen LogP contribution is 1.67. The molecule has 0 unspecified atom stereocenters. The van der Waals surface area contributed by atoms with E-state index in [1.165, 1.54) is 18.5 Å². The fourth-order valence-electron chi connectivity index (χ4n) is 0.350. The van der Waals surface area contributed by atoms with Gasteiger partial charge in [0.25, 0.3) is 0 Å². The van der Waals surface area contributed by atoms with Crippen LogP contribution in [0.5, 0.6) is 0 Å². The molecule has 1 heterocycles. The summed E-state index contributed by atoms with van der Waals surface area (Å²) in [7, 11) is 0. The Hall–Kier alpha value is -1.32. The maximum Gasteiger partial charge on any atom is 0.380 e. The van der Waals surface area contributed by atoms with Crippen molar-refractivity contribution < 1.29 is 5.21 Å². The van der Waals surface area contributed by atoms with E-state index in [4.69, 9.17) is 5.21 Å². The summed E-state index contributed by atoms with van der Waals surface area (Å²) in [5, 5.41) is 8.46. The molecule has 0 spiro atoms. The van der Waals surface area contributed by atoms with E-state index in [0.717, 1.165) is 0 Å². The Kier molecular flexibility index (Phi) is 0.997. The van der Waals surface area contributed by atoms with Gasteiger partial charge in [0.2, 0.25) is 0 Å². The van der Waals surface area contributed by atoms with Crippen LogP contribution in [0.2, 0.25) is 0 Å². The summed E-state index contributed by atoms with van der Waals surface area (Å²) in [6, 6.07) is 1.46. The molecule has 0 amide bonds. The van der Waals surface area contributed by atoms with E-state index in [1.54, 1.807) is 0 Å². The van der Waals surface area contributed by atoms with Gasteiger partial charge in [-0.05, 0) is 6.07 Å². The van der Waals surface area contributed by atoms with Crippen molar-refractivity contribution in [2.45, 2.75) is 0 Å². The average Bonchev–Trinajstić information content (AvgIpc) is 1.77. The Morgan fingerprint density at radius 3 is 2.88 bits per heavy atom. The molecule has 4 heteroatoms. The SMILES string of the molecule is O=c1ncccn1O. The molecule has 0 aliphatic carbocycles. The zero-order chi connectivity index (χ0) is 5.98. The van der Waals surface area contributed by atoms with Crippen LogP contribution in [-0.2, 0) is 0 Å². The van der Waals surface area contributed by atoms with Gasteiger partial charge in [0.05, 0.1) is 6.20 Å². The Bertz CT molecular complexity index is 229. The highest BCUT2D eigenvalue weighted by Gasteiger charge is 1.83. The molecule has 0 fully saturated rings. The maximum atomic E-state index is 10.2. The average molecular weight is 112 g/mol. The predicted octanol–water partition coefficient (Wildman–Crippen LogP) is -0.519. The van der Waals surface area contributed by atoms with Crippen molar-refractivity contribution in [2.75, 3.05) is 0 Å². The predicted molar refractivity (Wildman–Crippen MR) is 25.7 cm³/mol. The van der Waals surface area contributed by atoms with Crippen LogP contribution < -0.4 is 5.69 Å². The van der Waals surface area contributed by atoms with Gasteiger partial charge in [0.1, 0.15) is 0 Å². The molecule has 0 bridgehead atoms. The molecule has 0 atom stereocenters. The van der Waals surface area contributed by atoms with Crippen molar-refractivity contribution in [3.05, 3.63) is 28.9 Å². The van der Waals surface area contributed by atoms with Gasteiger partial charge < -0.3 is 5.21 Å². The second-order valence-electron chi connectivity index (χ2n) is 1.25. The van der Waals surface area contributed by atoms with Gasteiger partial charge >= 0.3 is 5.69 Å². The van der Waals surface area contributed by atoms with Gasteiger partial charge in [0, 0.05) is 6.20 Å². The van der Waals surface area contributed by atoms with Crippen LogP contribution in [0.15, 0.2) is 23.3 Å². The number of hydrogen-bond donors (Lipinski definition) is 1. The van der Waals surface area contributed by atoms with E-state index < -0.39 is 5.69 Å². The molecule has 0 aliphatic rings. The van der Waals surface area contributed by atoms with Crippen molar-refractivity contribution in [1.29, 1.82) is 0 Å². The Balaban J connectivity index is 3.35. The highest BCUT2D eigenvalue weighted by molar-refractivity contribution is 4.77. The summed E-state index contributed by atoms with van der Waals surface area (Å²) >= 11 is 0. The molecule has 0 aliphatic heterocycles. The third-order valence-electron chi connectivity index (χ3n) is 0.694. The summed E-state index contributed by atoms with van der Waals surface area (Å²) in [5.41, 5.74) is -0.660. The molecule has 0 aromatic carbocycles. The molecule has 1 rings (SSSR count). The summed E-state index contributed by atoms with van der Waals surface area (Å²) in [6.45, 7) is 0. The first-order valence-corrected chi connectivity index (χ1v) is 2.03. The first-order valence-electron chi connectivity index (χ1n) is 2.03. The van der Waals surface area contributed by atoms with Crippen molar-refractivity contribution in [3.8, 4) is 0 Å². The highest BCUT2D eigenvalue weighted by atomic mass is 16.5. The third kappa shape index (κ3) is 0.676. The molecule has 0 radical (unpaired) electrons. The van der Waals surface area contributed by atoms with E-state index in [-0.39, 0.29) is 0 Å². The Labute approximate surface area is 45.0 Å². The standard InChI is InChI=1S/C4H4N2O2/c7-4-5-2-1-3-6(4)8/h1-3,8H. The lowest BCUT2D eigenvalue weighted by molar-refractivity contribution is 0.170. The van der Waals surface area contributed by atoms with Gasteiger partial charge in [-0.15, -0.1) is 4.73 Å². The monoisotopic (exact) mass is 112 g/mol. The molecule has 8 heavy (non-hydrogen) atoms. The lowest BCUT2D eigenvalue weighted by atomic mass is 10.7. The van der Waals surface area contributed by atoms with Crippen molar-refractivity contribution in [3.63, 3.8) is 0 Å². The zero-order valence-corrected chi connectivity index (χ0v) is 3.98. The van der Waals surface area contributed by atoms with Crippen molar-refractivity contribution in [1.82, 2.24) is 9.71 Å². The van der Waals surface area contributed by atoms with Crippen LogP contribution in [-0.4, -0.2) is 14.9 Å². The fraction of sp³-hybridized carbons (Fsp3) is 0. The lowest BCUT2D eigenvalue weighted by Gasteiger charge is -1.86. The normalized spacial score (nSPS) is 9.00. The maximum absolute atomic E-state index is 10.2.